The highest BCUT2D eigenvalue weighted by molar-refractivity contribution is 6.09. The third-order valence-electron chi connectivity index (χ3n) is 3.97. The van der Waals surface area contributed by atoms with Crippen molar-refractivity contribution in [2.45, 2.75) is 39.7 Å². The molecule has 4 heteroatoms. The van der Waals surface area contributed by atoms with E-state index >= 15 is 0 Å². The lowest BCUT2D eigenvalue weighted by molar-refractivity contribution is 0.104. The maximum Gasteiger partial charge on any atom is 0.193 e. The van der Waals surface area contributed by atoms with E-state index in [1.807, 2.05) is 18.2 Å². The molecule has 114 valence electrons. The zero-order valence-corrected chi connectivity index (χ0v) is 13.4. The van der Waals surface area contributed by atoms with Crippen LogP contribution in [0.5, 0.6) is 0 Å². The number of rotatable bonds is 2. The summed E-state index contributed by atoms with van der Waals surface area (Å²) in [5.74, 6) is 0.481. The van der Waals surface area contributed by atoms with Crippen LogP contribution in [0.4, 0.5) is 0 Å². The van der Waals surface area contributed by atoms with Crippen LogP contribution in [0, 0.1) is 13.8 Å². The summed E-state index contributed by atoms with van der Waals surface area (Å²) in [6.45, 7) is 7.82. The van der Waals surface area contributed by atoms with Gasteiger partial charge in [0, 0.05) is 22.9 Å². The van der Waals surface area contributed by atoms with Crippen LogP contribution in [0.1, 0.15) is 46.8 Å². The smallest absolute Gasteiger partial charge is 0.193 e. The molecule has 0 aliphatic carbocycles. The number of hydrogen-bond acceptors (Lipinski definition) is 4. The molecule has 0 spiro atoms. The predicted octanol–water partition coefficient (Wildman–Crippen LogP) is 3.44. The maximum atomic E-state index is 12.6. The Hall–Kier alpha value is -2.36. The number of allylic oxidation sites excluding steroid dienone is 1. The summed E-state index contributed by atoms with van der Waals surface area (Å²) < 4.78 is 5.10. The molecule has 1 N–H and O–H groups in total. The van der Waals surface area contributed by atoms with Crippen molar-refractivity contribution in [3.8, 4) is 0 Å². The van der Waals surface area contributed by atoms with Gasteiger partial charge in [-0.05, 0) is 39.7 Å². The first-order valence-corrected chi connectivity index (χ1v) is 7.43. The lowest BCUT2D eigenvalue weighted by Gasteiger charge is -2.35. The number of benzene rings is 1. The number of fused-ring (bicyclic) bond motifs is 1. The van der Waals surface area contributed by atoms with E-state index in [-0.39, 0.29) is 11.3 Å². The van der Waals surface area contributed by atoms with Crippen molar-refractivity contribution in [1.29, 1.82) is 0 Å². The highest BCUT2D eigenvalue weighted by atomic mass is 16.5. The molecule has 0 radical (unpaired) electrons. The minimum absolute atomic E-state index is 0.0775. The van der Waals surface area contributed by atoms with Gasteiger partial charge in [0.15, 0.2) is 5.78 Å². The third-order valence-corrected chi connectivity index (χ3v) is 3.97. The Kier molecular flexibility index (Phi) is 3.39. The molecular weight excluding hydrogens is 276 g/mol. The predicted molar refractivity (Wildman–Crippen MR) is 85.6 cm³/mol. The largest absolute Gasteiger partial charge is 0.379 e. The van der Waals surface area contributed by atoms with E-state index in [1.165, 1.54) is 5.56 Å². The minimum Gasteiger partial charge on any atom is -0.379 e. The second-order valence-electron chi connectivity index (χ2n) is 6.46. The summed E-state index contributed by atoms with van der Waals surface area (Å²) in [5.41, 5.74) is 4.29. The molecule has 1 aromatic heterocycles. The van der Waals surface area contributed by atoms with E-state index in [2.05, 4.69) is 30.4 Å². The topological polar surface area (TPSA) is 55.1 Å². The Morgan fingerprint density at radius 3 is 2.73 bits per heavy atom. The Bertz CT molecular complexity index is 750. The summed E-state index contributed by atoms with van der Waals surface area (Å²) in [4.78, 5) is 12.6. The quantitative estimate of drug-likeness (QED) is 0.681. The summed E-state index contributed by atoms with van der Waals surface area (Å²) in [6.07, 6.45) is 2.59. The average molecular weight is 296 g/mol. The third kappa shape index (κ3) is 2.56. The van der Waals surface area contributed by atoms with E-state index < -0.39 is 0 Å². The number of carbonyl (C=O) groups is 1. The number of carbonyl (C=O) groups excluding carboxylic acids is 1. The molecule has 1 aliphatic rings. The molecule has 1 aliphatic heterocycles. The average Bonchev–Trinajstić information content (AvgIpc) is 2.77. The Labute approximate surface area is 130 Å². The van der Waals surface area contributed by atoms with Crippen LogP contribution in [0.15, 0.2) is 34.9 Å². The van der Waals surface area contributed by atoms with E-state index in [1.54, 1.807) is 19.9 Å². The number of nitrogens with one attached hydrogen (secondary N) is 1. The second kappa shape index (κ2) is 5.13. The minimum atomic E-state index is -0.0841. The standard InChI is InChI=1S/C18H20N2O2/c1-11-17(12(2)22-20-11)16(21)9-15-14-8-6-5-7-13(14)10-18(3,4)19-15/h5-9,19H,10H2,1-4H3/b15-9-. The summed E-state index contributed by atoms with van der Waals surface area (Å²) >= 11 is 0. The fourth-order valence-electron chi connectivity index (χ4n) is 3.04. The fraction of sp³-hybridized carbons (Fsp3) is 0.333. The normalized spacial score (nSPS) is 17.9. The van der Waals surface area contributed by atoms with Crippen molar-refractivity contribution in [2.24, 2.45) is 0 Å². The fourth-order valence-corrected chi connectivity index (χ4v) is 3.04. The summed E-state index contributed by atoms with van der Waals surface area (Å²) in [6, 6.07) is 8.19. The zero-order chi connectivity index (χ0) is 15.9. The van der Waals surface area contributed by atoms with E-state index in [9.17, 15) is 4.79 Å². The molecule has 0 atom stereocenters. The van der Waals surface area contributed by atoms with Gasteiger partial charge >= 0.3 is 0 Å². The first-order chi connectivity index (χ1) is 10.4. The van der Waals surface area contributed by atoms with Crippen LogP contribution in [-0.2, 0) is 6.42 Å². The number of hydrogen-bond donors (Lipinski definition) is 1. The van der Waals surface area contributed by atoms with Crippen molar-refractivity contribution in [2.75, 3.05) is 0 Å². The lowest BCUT2D eigenvalue weighted by Crippen LogP contribution is -2.43. The van der Waals surface area contributed by atoms with Crippen LogP contribution in [0.3, 0.4) is 0 Å². The summed E-state index contributed by atoms with van der Waals surface area (Å²) in [7, 11) is 0. The molecule has 0 bridgehead atoms. The van der Waals surface area contributed by atoms with Gasteiger partial charge in [-0.3, -0.25) is 4.79 Å². The van der Waals surface area contributed by atoms with Crippen molar-refractivity contribution in [3.63, 3.8) is 0 Å². The van der Waals surface area contributed by atoms with Crippen molar-refractivity contribution < 1.29 is 9.32 Å². The van der Waals surface area contributed by atoms with Gasteiger partial charge in [0.25, 0.3) is 0 Å². The second-order valence-corrected chi connectivity index (χ2v) is 6.46. The number of aryl methyl sites for hydroxylation is 2. The number of aromatic nitrogens is 1. The monoisotopic (exact) mass is 296 g/mol. The van der Waals surface area contributed by atoms with Crippen LogP contribution in [0.25, 0.3) is 5.70 Å². The van der Waals surface area contributed by atoms with Gasteiger partial charge in [-0.15, -0.1) is 0 Å². The van der Waals surface area contributed by atoms with Crippen LogP contribution < -0.4 is 5.32 Å². The van der Waals surface area contributed by atoms with Gasteiger partial charge in [0.1, 0.15) is 5.76 Å². The Morgan fingerprint density at radius 1 is 1.32 bits per heavy atom. The van der Waals surface area contributed by atoms with Gasteiger partial charge in [-0.25, -0.2) is 0 Å². The number of ketones is 1. The van der Waals surface area contributed by atoms with Crippen molar-refractivity contribution >= 4 is 11.5 Å². The highest BCUT2D eigenvalue weighted by Crippen LogP contribution is 2.30. The zero-order valence-electron chi connectivity index (χ0n) is 13.4. The first kappa shape index (κ1) is 14.6. The lowest BCUT2D eigenvalue weighted by atomic mass is 9.85. The summed E-state index contributed by atoms with van der Waals surface area (Å²) in [5, 5.41) is 7.33. The van der Waals surface area contributed by atoms with Gasteiger partial charge in [-0.2, -0.15) is 0 Å². The van der Waals surface area contributed by atoms with E-state index in [0.29, 0.717) is 17.0 Å². The molecule has 2 heterocycles. The number of nitrogens with zero attached hydrogens (tertiary/aromatic N) is 1. The van der Waals surface area contributed by atoms with Gasteiger partial charge in [0.2, 0.25) is 0 Å². The molecule has 0 fully saturated rings. The Morgan fingerprint density at radius 2 is 2.05 bits per heavy atom. The molecule has 2 aromatic rings. The van der Waals surface area contributed by atoms with Gasteiger partial charge in [0.05, 0.1) is 11.3 Å². The molecule has 1 aromatic carbocycles. The molecular formula is C18H20N2O2. The molecule has 0 unspecified atom stereocenters. The van der Waals surface area contributed by atoms with E-state index in [0.717, 1.165) is 17.7 Å². The van der Waals surface area contributed by atoms with Crippen LogP contribution in [0.2, 0.25) is 0 Å². The van der Waals surface area contributed by atoms with Crippen molar-refractivity contribution in [3.05, 3.63) is 58.5 Å². The molecule has 0 saturated heterocycles. The maximum absolute atomic E-state index is 12.6. The van der Waals surface area contributed by atoms with Crippen LogP contribution >= 0.6 is 0 Å². The molecule has 0 amide bonds. The van der Waals surface area contributed by atoms with Gasteiger partial charge in [-0.1, -0.05) is 29.4 Å². The van der Waals surface area contributed by atoms with Crippen LogP contribution in [-0.4, -0.2) is 16.5 Å². The molecule has 3 rings (SSSR count). The van der Waals surface area contributed by atoms with Crippen molar-refractivity contribution in [1.82, 2.24) is 10.5 Å². The first-order valence-electron chi connectivity index (χ1n) is 7.43. The highest BCUT2D eigenvalue weighted by Gasteiger charge is 2.28. The molecule has 0 saturated carbocycles. The Balaban J connectivity index is 2.06. The molecule has 22 heavy (non-hydrogen) atoms. The SMILES string of the molecule is Cc1noc(C)c1C(=O)/C=C1\NC(C)(C)Cc2ccccc21. The van der Waals surface area contributed by atoms with Gasteiger partial charge < -0.3 is 9.84 Å². The van der Waals surface area contributed by atoms with E-state index in [4.69, 9.17) is 4.52 Å². The molecule has 4 nitrogen and oxygen atoms in total.